The van der Waals surface area contributed by atoms with Crippen molar-refractivity contribution in [1.82, 2.24) is 20.2 Å². The molecule has 1 unspecified atom stereocenters. The molecule has 3 heterocycles. The van der Waals surface area contributed by atoms with Gasteiger partial charge in [0.25, 0.3) is 5.91 Å². The maximum absolute atomic E-state index is 12.8. The summed E-state index contributed by atoms with van der Waals surface area (Å²) in [4.78, 5) is 24.1. The first-order chi connectivity index (χ1) is 13.6. The minimum atomic E-state index is -0.133. The molecule has 1 aliphatic rings. The lowest BCUT2D eigenvalue weighted by Crippen LogP contribution is -2.43. The zero-order valence-electron chi connectivity index (χ0n) is 16.1. The van der Waals surface area contributed by atoms with Crippen molar-refractivity contribution in [2.45, 2.75) is 19.9 Å². The van der Waals surface area contributed by atoms with Crippen LogP contribution >= 0.6 is 0 Å². The Morgan fingerprint density at radius 1 is 1.14 bits per heavy atom. The molecule has 1 saturated heterocycles. The molecular weight excluding hydrogens is 356 g/mol. The molecule has 4 rings (SSSR count). The van der Waals surface area contributed by atoms with E-state index in [9.17, 15) is 4.79 Å². The number of hydrogen-bond acceptors (Lipinski definition) is 6. The highest BCUT2D eigenvalue weighted by atomic mass is 16.5. The highest BCUT2D eigenvalue weighted by molar-refractivity contribution is 5.97. The van der Waals surface area contributed by atoms with Gasteiger partial charge in [0, 0.05) is 25.2 Å². The number of aryl methyl sites for hydroxylation is 2. The van der Waals surface area contributed by atoms with E-state index in [1.165, 1.54) is 0 Å². The van der Waals surface area contributed by atoms with E-state index in [0.717, 1.165) is 41.3 Å². The van der Waals surface area contributed by atoms with E-state index >= 15 is 0 Å². The lowest BCUT2D eigenvalue weighted by molar-refractivity contribution is 0.0118. The second kappa shape index (κ2) is 8.08. The Morgan fingerprint density at radius 2 is 1.89 bits per heavy atom. The second-order valence-electron chi connectivity index (χ2n) is 6.99. The molecule has 1 aromatic carbocycles. The summed E-state index contributed by atoms with van der Waals surface area (Å²) >= 11 is 0. The van der Waals surface area contributed by atoms with Gasteiger partial charge in [-0.15, -0.1) is 0 Å². The lowest BCUT2D eigenvalue weighted by Gasteiger charge is -2.33. The van der Waals surface area contributed by atoms with Crippen LogP contribution in [0.1, 0.15) is 33.5 Å². The van der Waals surface area contributed by atoms with Crippen molar-refractivity contribution in [1.29, 1.82) is 0 Å². The average Bonchev–Trinajstić information content (AvgIpc) is 3.24. The van der Waals surface area contributed by atoms with Gasteiger partial charge >= 0.3 is 0 Å². The van der Waals surface area contributed by atoms with Crippen LogP contribution in [0.4, 0.5) is 0 Å². The van der Waals surface area contributed by atoms with E-state index in [1.54, 1.807) is 18.4 Å². The van der Waals surface area contributed by atoms with Crippen molar-refractivity contribution in [2.24, 2.45) is 0 Å². The second-order valence-corrected chi connectivity index (χ2v) is 6.99. The molecule has 1 N–H and O–H groups in total. The number of furan rings is 1. The molecule has 0 radical (unpaired) electrons. The molecule has 7 heteroatoms. The Morgan fingerprint density at radius 3 is 2.61 bits per heavy atom. The van der Waals surface area contributed by atoms with Crippen LogP contribution in [-0.4, -0.2) is 53.6 Å². The third-order valence-corrected chi connectivity index (χ3v) is 5.15. The van der Waals surface area contributed by atoms with Gasteiger partial charge in [-0.3, -0.25) is 9.69 Å². The third-order valence-electron chi connectivity index (χ3n) is 5.15. The maximum atomic E-state index is 12.8. The van der Waals surface area contributed by atoms with Gasteiger partial charge in [-0.2, -0.15) is 0 Å². The first-order valence-corrected chi connectivity index (χ1v) is 9.50. The molecule has 146 valence electrons. The number of ether oxygens (including phenoxy) is 1. The number of hydrogen-bond donors (Lipinski definition) is 1. The van der Waals surface area contributed by atoms with Crippen LogP contribution in [0.5, 0.6) is 0 Å². The quantitative estimate of drug-likeness (QED) is 0.733. The van der Waals surface area contributed by atoms with E-state index in [2.05, 4.69) is 20.2 Å². The lowest BCUT2D eigenvalue weighted by atomic mass is 10.1. The number of morpholine rings is 1. The van der Waals surface area contributed by atoms with Gasteiger partial charge in [0.1, 0.15) is 5.76 Å². The predicted octanol–water partition coefficient (Wildman–Crippen LogP) is 2.64. The van der Waals surface area contributed by atoms with Crippen LogP contribution in [0, 0.1) is 13.8 Å². The summed E-state index contributed by atoms with van der Waals surface area (Å²) in [6.07, 6.45) is 1.66. The molecule has 0 aliphatic carbocycles. The fourth-order valence-electron chi connectivity index (χ4n) is 3.44. The van der Waals surface area contributed by atoms with Gasteiger partial charge in [-0.25, -0.2) is 9.97 Å². The summed E-state index contributed by atoms with van der Waals surface area (Å²) in [5.74, 6) is 0.712. The molecule has 1 fully saturated rings. The molecule has 0 bridgehead atoms. The molecule has 1 amide bonds. The SMILES string of the molecule is Cc1nc2ccc(C(=O)NCC(c3ccco3)N3CCOCC3)cc2nc1C. The predicted molar refractivity (Wildman–Crippen MR) is 105 cm³/mol. The Bertz CT molecular complexity index is 965. The number of carbonyl (C=O) groups excluding carboxylic acids is 1. The molecule has 0 saturated carbocycles. The van der Waals surface area contributed by atoms with Crippen molar-refractivity contribution in [2.75, 3.05) is 32.8 Å². The Hall–Kier alpha value is -2.77. The Labute approximate surface area is 163 Å². The number of aromatic nitrogens is 2. The smallest absolute Gasteiger partial charge is 0.251 e. The van der Waals surface area contributed by atoms with Gasteiger partial charge in [0.15, 0.2) is 0 Å². The minimum Gasteiger partial charge on any atom is -0.468 e. The van der Waals surface area contributed by atoms with Crippen molar-refractivity contribution >= 4 is 16.9 Å². The van der Waals surface area contributed by atoms with Gasteiger partial charge in [-0.1, -0.05) is 0 Å². The minimum absolute atomic E-state index is 0.0204. The highest BCUT2D eigenvalue weighted by Gasteiger charge is 2.25. The standard InChI is InChI=1S/C21H24N4O3/c1-14-15(2)24-18-12-16(5-6-17(18)23-14)21(26)22-13-19(20-4-3-9-28-20)25-7-10-27-11-8-25/h3-6,9,12,19H,7-8,10-11,13H2,1-2H3,(H,22,26). The zero-order valence-corrected chi connectivity index (χ0v) is 16.1. The molecule has 1 aliphatic heterocycles. The highest BCUT2D eigenvalue weighted by Crippen LogP contribution is 2.22. The summed E-state index contributed by atoms with van der Waals surface area (Å²) in [6, 6.07) is 9.22. The number of amides is 1. The number of fused-ring (bicyclic) bond motifs is 1. The van der Waals surface area contributed by atoms with Crippen LogP contribution in [-0.2, 0) is 4.74 Å². The molecule has 2 aromatic heterocycles. The van der Waals surface area contributed by atoms with Crippen molar-refractivity contribution in [3.8, 4) is 0 Å². The van der Waals surface area contributed by atoms with E-state index in [-0.39, 0.29) is 11.9 Å². The Balaban J connectivity index is 1.50. The molecule has 0 spiro atoms. The van der Waals surface area contributed by atoms with Crippen molar-refractivity contribution in [3.63, 3.8) is 0 Å². The maximum Gasteiger partial charge on any atom is 0.251 e. The van der Waals surface area contributed by atoms with Crippen molar-refractivity contribution < 1.29 is 13.9 Å². The first kappa shape index (κ1) is 18.6. The van der Waals surface area contributed by atoms with Crippen LogP contribution < -0.4 is 5.32 Å². The van der Waals surface area contributed by atoms with Gasteiger partial charge in [0.2, 0.25) is 0 Å². The monoisotopic (exact) mass is 380 g/mol. The summed E-state index contributed by atoms with van der Waals surface area (Å²) in [6.45, 7) is 7.31. The molecule has 28 heavy (non-hydrogen) atoms. The molecule has 1 atom stereocenters. The summed E-state index contributed by atoms with van der Waals surface area (Å²) in [5, 5.41) is 3.05. The van der Waals surface area contributed by atoms with Crippen LogP contribution in [0.25, 0.3) is 11.0 Å². The number of nitrogens with one attached hydrogen (secondary N) is 1. The van der Waals surface area contributed by atoms with Crippen LogP contribution in [0.3, 0.4) is 0 Å². The van der Waals surface area contributed by atoms with Crippen LogP contribution in [0.15, 0.2) is 41.0 Å². The van der Waals surface area contributed by atoms with Gasteiger partial charge < -0.3 is 14.5 Å². The molecular formula is C21H24N4O3. The summed E-state index contributed by atoms with van der Waals surface area (Å²) < 4.78 is 11.1. The van der Waals surface area contributed by atoms with Gasteiger partial charge in [-0.05, 0) is 44.2 Å². The van der Waals surface area contributed by atoms with Crippen molar-refractivity contribution in [3.05, 3.63) is 59.3 Å². The number of rotatable bonds is 5. The van der Waals surface area contributed by atoms with E-state index < -0.39 is 0 Å². The normalized spacial score (nSPS) is 16.2. The zero-order chi connectivity index (χ0) is 19.5. The molecule has 3 aromatic rings. The number of carbonyl (C=O) groups is 1. The van der Waals surface area contributed by atoms with E-state index in [0.29, 0.717) is 25.3 Å². The summed E-state index contributed by atoms with van der Waals surface area (Å²) in [5.41, 5.74) is 3.87. The van der Waals surface area contributed by atoms with Gasteiger partial charge in [0.05, 0.1) is 47.9 Å². The average molecular weight is 380 g/mol. The molecule has 7 nitrogen and oxygen atoms in total. The third kappa shape index (κ3) is 3.90. The largest absolute Gasteiger partial charge is 0.468 e. The number of nitrogens with zero attached hydrogens (tertiary/aromatic N) is 3. The van der Waals surface area contributed by atoms with Crippen LogP contribution in [0.2, 0.25) is 0 Å². The fraction of sp³-hybridized carbons (Fsp3) is 0.381. The Kier molecular flexibility index (Phi) is 5.36. The van der Waals surface area contributed by atoms with E-state index in [1.807, 2.05) is 32.0 Å². The fourth-order valence-corrected chi connectivity index (χ4v) is 3.44. The summed E-state index contributed by atoms with van der Waals surface area (Å²) in [7, 11) is 0. The first-order valence-electron chi connectivity index (χ1n) is 9.50. The van der Waals surface area contributed by atoms with E-state index in [4.69, 9.17) is 9.15 Å². The number of benzene rings is 1. The topological polar surface area (TPSA) is 80.5 Å².